The number of amides is 2. The zero-order chi connectivity index (χ0) is 12.8. The van der Waals surface area contributed by atoms with Gasteiger partial charge in [-0.25, -0.2) is 9.78 Å². The van der Waals surface area contributed by atoms with Crippen molar-refractivity contribution in [2.75, 3.05) is 5.32 Å². The molecule has 6 nitrogen and oxygen atoms in total. The van der Waals surface area contributed by atoms with Crippen LogP contribution in [0.3, 0.4) is 0 Å². The highest BCUT2D eigenvalue weighted by Crippen LogP contribution is 1.99. The number of hydrogen-bond donors (Lipinski definition) is 2. The fraction of sp³-hybridized carbons (Fsp3) is 0.250. The van der Waals surface area contributed by atoms with Crippen molar-refractivity contribution < 1.29 is 4.79 Å². The van der Waals surface area contributed by atoms with Crippen LogP contribution >= 0.6 is 0 Å². The highest BCUT2D eigenvalue weighted by atomic mass is 16.2. The number of carbonyl (C=O) groups is 1. The van der Waals surface area contributed by atoms with Crippen molar-refractivity contribution in [3.8, 4) is 0 Å². The van der Waals surface area contributed by atoms with Crippen molar-refractivity contribution in [2.24, 2.45) is 0 Å². The van der Waals surface area contributed by atoms with Crippen molar-refractivity contribution in [1.29, 1.82) is 0 Å². The number of rotatable bonds is 4. The van der Waals surface area contributed by atoms with E-state index in [4.69, 9.17) is 0 Å². The fourth-order valence-corrected chi connectivity index (χ4v) is 1.55. The van der Waals surface area contributed by atoms with Crippen molar-refractivity contribution in [1.82, 2.24) is 20.1 Å². The normalized spacial score (nSPS) is 11.8. The molecule has 0 aliphatic rings. The summed E-state index contributed by atoms with van der Waals surface area (Å²) < 4.78 is 1.77. The molecular formula is C12H15N5O. The minimum absolute atomic E-state index is 0.0198. The molecule has 0 fully saturated rings. The maximum absolute atomic E-state index is 11.7. The number of aromatic nitrogens is 3. The lowest BCUT2D eigenvalue weighted by Gasteiger charge is -2.14. The Morgan fingerprint density at radius 2 is 2.28 bits per heavy atom. The van der Waals surface area contributed by atoms with E-state index in [0.717, 1.165) is 0 Å². The lowest BCUT2D eigenvalue weighted by Crippen LogP contribution is -2.38. The Hall–Kier alpha value is -2.37. The summed E-state index contributed by atoms with van der Waals surface area (Å²) in [7, 11) is 0. The average molecular weight is 245 g/mol. The molecule has 2 aromatic heterocycles. The first-order valence-electron chi connectivity index (χ1n) is 5.70. The Morgan fingerprint density at radius 1 is 1.39 bits per heavy atom. The van der Waals surface area contributed by atoms with Gasteiger partial charge in [0.1, 0.15) is 5.82 Å². The fourth-order valence-electron chi connectivity index (χ4n) is 1.55. The van der Waals surface area contributed by atoms with Gasteiger partial charge < -0.3 is 5.32 Å². The quantitative estimate of drug-likeness (QED) is 0.857. The lowest BCUT2D eigenvalue weighted by molar-refractivity contribution is 0.247. The van der Waals surface area contributed by atoms with Crippen molar-refractivity contribution in [2.45, 2.75) is 19.5 Å². The third kappa shape index (κ3) is 3.58. The first-order chi connectivity index (χ1) is 8.74. The number of carbonyl (C=O) groups excluding carboxylic acids is 1. The summed E-state index contributed by atoms with van der Waals surface area (Å²) in [5.74, 6) is 0.529. The van der Waals surface area contributed by atoms with Crippen LogP contribution in [0.5, 0.6) is 0 Å². The van der Waals surface area contributed by atoms with E-state index in [9.17, 15) is 4.79 Å². The molecule has 2 heterocycles. The van der Waals surface area contributed by atoms with E-state index in [2.05, 4.69) is 20.7 Å². The van der Waals surface area contributed by atoms with E-state index >= 15 is 0 Å². The predicted molar refractivity (Wildman–Crippen MR) is 68.1 cm³/mol. The molecule has 0 radical (unpaired) electrons. The smallest absolute Gasteiger partial charge is 0.320 e. The molecule has 94 valence electrons. The molecule has 2 amide bonds. The van der Waals surface area contributed by atoms with E-state index in [1.807, 2.05) is 25.3 Å². The highest BCUT2D eigenvalue weighted by Gasteiger charge is 2.08. The second-order valence-electron chi connectivity index (χ2n) is 3.94. The lowest BCUT2D eigenvalue weighted by atomic mass is 10.3. The Balaban J connectivity index is 1.80. The maximum atomic E-state index is 11.7. The summed E-state index contributed by atoms with van der Waals surface area (Å²) in [6.45, 7) is 2.54. The van der Waals surface area contributed by atoms with Crippen LogP contribution in [0.1, 0.15) is 6.92 Å². The van der Waals surface area contributed by atoms with Gasteiger partial charge in [-0.3, -0.25) is 10.00 Å². The molecule has 2 aromatic rings. The first-order valence-corrected chi connectivity index (χ1v) is 5.70. The zero-order valence-electron chi connectivity index (χ0n) is 10.1. The van der Waals surface area contributed by atoms with Gasteiger partial charge in [0.25, 0.3) is 0 Å². The van der Waals surface area contributed by atoms with Gasteiger partial charge >= 0.3 is 6.03 Å². The Kier molecular flexibility index (Phi) is 3.90. The molecule has 0 aliphatic heterocycles. The van der Waals surface area contributed by atoms with Gasteiger partial charge in [-0.1, -0.05) is 6.07 Å². The van der Waals surface area contributed by atoms with Crippen LogP contribution in [0.25, 0.3) is 0 Å². The van der Waals surface area contributed by atoms with Gasteiger partial charge in [0.2, 0.25) is 0 Å². The predicted octanol–water partition coefficient (Wildman–Crippen LogP) is 1.49. The molecule has 2 rings (SSSR count). The summed E-state index contributed by atoms with van der Waals surface area (Å²) in [6.07, 6.45) is 5.19. The summed E-state index contributed by atoms with van der Waals surface area (Å²) >= 11 is 0. The molecule has 0 aliphatic carbocycles. The topological polar surface area (TPSA) is 71.8 Å². The molecule has 0 spiro atoms. The first kappa shape index (κ1) is 12.1. The Labute approximate surface area is 105 Å². The second-order valence-corrected chi connectivity index (χ2v) is 3.94. The van der Waals surface area contributed by atoms with Crippen molar-refractivity contribution in [3.63, 3.8) is 0 Å². The summed E-state index contributed by atoms with van der Waals surface area (Å²) in [5, 5.41) is 9.56. The molecular weight excluding hydrogens is 230 g/mol. The molecule has 0 saturated carbocycles. The Morgan fingerprint density at radius 3 is 2.94 bits per heavy atom. The van der Waals surface area contributed by atoms with Crippen LogP contribution in [0.2, 0.25) is 0 Å². The minimum atomic E-state index is -0.270. The van der Waals surface area contributed by atoms with Gasteiger partial charge in [-0.05, 0) is 25.1 Å². The third-order valence-electron chi connectivity index (χ3n) is 2.30. The van der Waals surface area contributed by atoms with Crippen molar-refractivity contribution in [3.05, 3.63) is 42.9 Å². The molecule has 6 heteroatoms. The standard InChI is InChI=1S/C12H15N5O/c1-10(9-17-8-4-7-14-17)15-12(18)16-11-5-2-3-6-13-11/h2-8,10H,9H2,1H3,(H2,13,15,16,18)/t10-/m1/s1. The SMILES string of the molecule is C[C@H](Cn1cccn1)NC(=O)Nc1ccccn1. The van der Waals surface area contributed by atoms with Crippen LogP contribution in [-0.2, 0) is 6.54 Å². The van der Waals surface area contributed by atoms with E-state index in [-0.39, 0.29) is 12.1 Å². The average Bonchev–Trinajstić information content (AvgIpc) is 2.82. The molecule has 0 aromatic carbocycles. The molecule has 0 saturated heterocycles. The van der Waals surface area contributed by atoms with E-state index < -0.39 is 0 Å². The largest absolute Gasteiger partial charge is 0.334 e. The van der Waals surface area contributed by atoms with Crippen LogP contribution in [0.15, 0.2) is 42.9 Å². The molecule has 18 heavy (non-hydrogen) atoms. The van der Waals surface area contributed by atoms with E-state index in [0.29, 0.717) is 12.4 Å². The maximum Gasteiger partial charge on any atom is 0.320 e. The van der Waals surface area contributed by atoms with E-state index in [1.54, 1.807) is 29.2 Å². The number of urea groups is 1. The summed E-state index contributed by atoms with van der Waals surface area (Å²) in [6, 6.07) is 6.90. The van der Waals surface area contributed by atoms with Gasteiger partial charge in [-0.15, -0.1) is 0 Å². The summed E-state index contributed by atoms with van der Waals surface area (Å²) in [5.41, 5.74) is 0. The molecule has 1 atom stereocenters. The number of hydrogen-bond acceptors (Lipinski definition) is 3. The van der Waals surface area contributed by atoms with Gasteiger partial charge in [0.05, 0.1) is 6.54 Å². The summed E-state index contributed by atoms with van der Waals surface area (Å²) in [4.78, 5) is 15.7. The zero-order valence-corrected chi connectivity index (χ0v) is 10.1. The van der Waals surface area contributed by atoms with Crippen molar-refractivity contribution >= 4 is 11.8 Å². The third-order valence-corrected chi connectivity index (χ3v) is 2.30. The second kappa shape index (κ2) is 5.81. The van der Waals surface area contributed by atoms with Gasteiger partial charge in [0, 0.05) is 24.6 Å². The number of nitrogens with zero attached hydrogens (tertiary/aromatic N) is 3. The van der Waals surface area contributed by atoms with Crippen LogP contribution in [0.4, 0.5) is 10.6 Å². The number of anilines is 1. The number of nitrogens with one attached hydrogen (secondary N) is 2. The molecule has 0 unspecified atom stereocenters. The van der Waals surface area contributed by atoms with Crippen LogP contribution < -0.4 is 10.6 Å². The van der Waals surface area contributed by atoms with Gasteiger partial charge in [-0.2, -0.15) is 5.10 Å². The Bertz CT molecular complexity index is 482. The van der Waals surface area contributed by atoms with Gasteiger partial charge in [0.15, 0.2) is 0 Å². The minimum Gasteiger partial charge on any atom is -0.334 e. The van der Waals surface area contributed by atoms with E-state index in [1.165, 1.54) is 0 Å². The monoisotopic (exact) mass is 245 g/mol. The number of pyridine rings is 1. The molecule has 2 N–H and O–H groups in total. The molecule has 0 bridgehead atoms. The highest BCUT2D eigenvalue weighted by molar-refractivity contribution is 5.88. The van der Waals surface area contributed by atoms with Crippen LogP contribution in [-0.4, -0.2) is 26.8 Å². The van der Waals surface area contributed by atoms with Crippen LogP contribution in [0, 0.1) is 0 Å².